The van der Waals surface area contributed by atoms with Crippen LogP contribution >= 0.6 is 0 Å². The zero-order valence-electron chi connectivity index (χ0n) is 16.7. The first-order valence-corrected chi connectivity index (χ1v) is 9.39. The molecule has 1 aliphatic heterocycles. The molecule has 0 spiro atoms. The summed E-state index contributed by atoms with van der Waals surface area (Å²) in [7, 11) is 1.57. The van der Waals surface area contributed by atoms with Gasteiger partial charge in [-0.1, -0.05) is 36.8 Å². The van der Waals surface area contributed by atoms with Crippen LogP contribution in [0.4, 0.5) is 0 Å². The standard InChI is InChI=1S/C23H25NO4/c1-5-11-24-20(16-7-6-8-17(13-16)28-4)19(22(26)23(24)27)21(25)18-12-14(2)9-10-15(18)3/h6-10,12-13,20,25H,5,11H2,1-4H3/b21-19+. The molecule has 1 atom stereocenters. The zero-order valence-corrected chi connectivity index (χ0v) is 16.7. The molecule has 5 heteroatoms. The molecule has 2 aromatic carbocycles. The van der Waals surface area contributed by atoms with Gasteiger partial charge in [0.2, 0.25) is 0 Å². The summed E-state index contributed by atoms with van der Waals surface area (Å²) in [5, 5.41) is 11.1. The number of aliphatic hydroxyl groups excluding tert-OH is 1. The van der Waals surface area contributed by atoms with E-state index in [4.69, 9.17) is 4.74 Å². The van der Waals surface area contributed by atoms with E-state index in [0.717, 1.165) is 16.7 Å². The minimum absolute atomic E-state index is 0.125. The molecule has 0 bridgehead atoms. The second-order valence-electron chi connectivity index (χ2n) is 7.09. The van der Waals surface area contributed by atoms with Crippen molar-refractivity contribution in [3.8, 4) is 5.75 Å². The normalized spacial score (nSPS) is 18.6. The molecule has 0 aliphatic carbocycles. The van der Waals surface area contributed by atoms with Crippen LogP contribution in [-0.2, 0) is 9.59 Å². The Hall–Kier alpha value is -3.08. The zero-order chi connectivity index (χ0) is 20.4. The van der Waals surface area contributed by atoms with Gasteiger partial charge in [-0.2, -0.15) is 0 Å². The number of carbonyl (C=O) groups excluding carboxylic acids is 2. The van der Waals surface area contributed by atoms with Crippen LogP contribution in [0.25, 0.3) is 5.76 Å². The van der Waals surface area contributed by atoms with Crippen LogP contribution < -0.4 is 4.74 Å². The monoisotopic (exact) mass is 379 g/mol. The summed E-state index contributed by atoms with van der Waals surface area (Å²) in [6, 6.07) is 12.3. The molecule has 1 fully saturated rings. The van der Waals surface area contributed by atoms with Crippen LogP contribution in [0.1, 0.15) is 41.6 Å². The lowest BCUT2D eigenvalue weighted by atomic mass is 9.93. The van der Waals surface area contributed by atoms with Crippen LogP contribution in [0.5, 0.6) is 5.75 Å². The molecule has 0 saturated carbocycles. The molecule has 3 rings (SSSR count). The van der Waals surface area contributed by atoms with E-state index in [9.17, 15) is 14.7 Å². The summed E-state index contributed by atoms with van der Waals surface area (Å²) in [6.07, 6.45) is 0.705. The van der Waals surface area contributed by atoms with Crippen molar-refractivity contribution in [2.45, 2.75) is 33.2 Å². The Morgan fingerprint density at radius 1 is 1.14 bits per heavy atom. The first-order valence-electron chi connectivity index (χ1n) is 9.39. The molecule has 2 aromatic rings. The number of aliphatic hydroxyl groups is 1. The number of benzene rings is 2. The van der Waals surface area contributed by atoms with Gasteiger partial charge in [0.15, 0.2) is 0 Å². The van der Waals surface area contributed by atoms with Gasteiger partial charge in [0.1, 0.15) is 11.5 Å². The third kappa shape index (κ3) is 3.40. The van der Waals surface area contributed by atoms with E-state index in [1.54, 1.807) is 19.2 Å². The number of carbonyl (C=O) groups is 2. The van der Waals surface area contributed by atoms with Gasteiger partial charge in [0.05, 0.1) is 18.7 Å². The van der Waals surface area contributed by atoms with E-state index >= 15 is 0 Å². The van der Waals surface area contributed by atoms with Crippen molar-refractivity contribution >= 4 is 17.4 Å². The Labute approximate surface area is 165 Å². The number of ketones is 1. The first kappa shape index (κ1) is 19.7. The Morgan fingerprint density at radius 3 is 2.57 bits per heavy atom. The molecule has 1 N–H and O–H groups in total. The van der Waals surface area contributed by atoms with E-state index < -0.39 is 17.7 Å². The molecule has 28 heavy (non-hydrogen) atoms. The van der Waals surface area contributed by atoms with Gasteiger partial charge < -0.3 is 14.7 Å². The van der Waals surface area contributed by atoms with Crippen molar-refractivity contribution in [2.75, 3.05) is 13.7 Å². The predicted molar refractivity (Wildman–Crippen MR) is 108 cm³/mol. The van der Waals surface area contributed by atoms with Crippen molar-refractivity contribution in [2.24, 2.45) is 0 Å². The number of rotatable bonds is 5. The molecule has 146 valence electrons. The smallest absolute Gasteiger partial charge is 0.295 e. The minimum atomic E-state index is -0.653. The molecule has 1 saturated heterocycles. The van der Waals surface area contributed by atoms with E-state index in [1.807, 2.05) is 51.1 Å². The number of likely N-dealkylation sites (tertiary alicyclic amines) is 1. The molecular formula is C23H25NO4. The van der Waals surface area contributed by atoms with Crippen molar-refractivity contribution in [3.63, 3.8) is 0 Å². The average Bonchev–Trinajstić information content (AvgIpc) is 2.94. The maximum atomic E-state index is 12.9. The number of hydrogen-bond acceptors (Lipinski definition) is 4. The van der Waals surface area contributed by atoms with Crippen molar-refractivity contribution in [1.82, 2.24) is 4.90 Å². The lowest BCUT2D eigenvalue weighted by Gasteiger charge is -2.25. The quantitative estimate of drug-likeness (QED) is 0.482. The number of aryl methyl sites for hydroxylation is 2. The maximum absolute atomic E-state index is 12.9. The van der Waals surface area contributed by atoms with Gasteiger partial charge in [-0.3, -0.25) is 9.59 Å². The van der Waals surface area contributed by atoms with Gasteiger partial charge in [0.25, 0.3) is 11.7 Å². The molecule has 1 heterocycles. The van der Waals surface area contributed by atoms with Crippen molar-refractivity contribution in [1.29, 1.82) is 0 Å². The maximum Gasteiger partial charge on any atom is 0.295 e. The van der Waals surface area contributed by atoms with E-state index in [-0.39, 0.29) is 11.3 Å². The number of amides is 1. The summed E-state index contributed by atoms with van der Waals surface area (Å²) in [4.78, 5) is 27.2. The Morgan fingerprint density at radius 2 is 1.89 bits per heavy atom. The Bertz CT molecular complexity index is 961. The van der Waals surface area contributed by atoms with Gasteiger partial charge in [-0.05, 0) is 49.6 Å². The summed E-state index contributed by atoms with van der Waals surface area (Å²) in [6.45, 7) is 6.17. The number of ether oxygens (including phenoxy) is 1. The predicted octanol–water partition coefficient (Wildman–Crippen LogP) is 4.14. The summed E-state index contributed by atoms with van der Waals surface area (Å²) in [5.74, 6) is -0.738. The topological polar surface area (TPSA) is 66.8 Å². The van der Waals surface area contributed by atoms with E-state index in [1.165, 1.54) is 4.90 Å². The van der Waals surface area contributed by atoms with Crippen LogP contribution in [0.15, 0.2) is 48.0 Å². The third-order valence-electron chi connectivity index (χ3n) is 5.06. The number of methoxy groups -OCH3 is 1. The van der Waals surface area contributed by atoms with E-state index in [2.05, 4.69) is 0 Å². The number of hydrogen-bond donors (Lipinski definition) is 1. The fourth-order valence-corrected chi connectivity index (χ4v) is 3.65. The van der Waals surface area contributed by atoms with Gasteiger partial charge in [-0.25, -0.2) is 0 Å². The molecule has 0 radical (unpaired) electrons. The van der Waals surface area contributed by atoms with Crippen LogP contribution in [0.3, 0.4) is 0 Å². The highest BCUT2D eigenvalue weighted by Gasteiger charge is 2.45. The lowest BCUT2D eigenvalue weighted by molar-refractivity contribution is -0.139. The van der Waals surface area contributed by atoms with Gasteiger partial charge in [-0.15, -0.1) is 0 Å². The lowest BCUT2D eigenvalue weighted by Crippen LogP contribution is -2.30. The highest BCUT2D eigenvalue weighted by atomic mass is 16.5. The fourth-order valence-electron chi connectivity index (χ4n) is 3.65. The molecule has 5 nitrogen and oxygen atoms in total. The largest absolute Gasteiger partial charge is 0.507 e. The second-order valence-corrected chi connectivity index (χ2v) is 7.09. The van der Waals surface area contributed by atoms with E-state index in [0.29, 0.717) is 24.3 Å². The first-order chi connectivity index (χ1) is 13.4. The van der Waals surface area contributed by atoms with Crippen LogP contribution in [-0.4, -0.2) is 35.4 Å². The highest BCUT2D eigenvalue weighted by molar-refractivity contribution is 6.46. The summed E-state index contributed by atoms with van der Waals surface area (Å²) >= 11 is 0. The summed E-state index contributed by atoms with van der Waals surface area (Å²) in [5.41, 5.74) is 3.24. The van der Waals surface area contributed by atoms with Crippen molar-refractivity contribution < 1.29 is 19.4 Å². The van der Waals surface area contributed by atoms with Crippen LogP contribution in [0, 0.1) is 13.8 Å². The van der Waals surface area contributed by atoms with Gasteiger partial charge in [0, 0.05) is 12.1 Å². The summed E-state index contributed by atoms with van der Waals surface area (Å²) < 4.78 is 5.31. The number of nitrogens with zero attached hydrogens (tertiary/aromatic N) is 1. The number of Topliss-reactive ketones (excluding diaryl/α,β-unsaturated/α-hetero) is 1. The van der Waals surface area contributed by atoms with Crippen molar-refractivity contribution in [3.05, 3.63) is 70.3 Å². The highest BCUT2D eigenvalue weighted by Crippen LogP contribution is 2.40. The minimum Gasteiger partial charge on any atom is -0.507 e. The molecule has 1 amide bonds. The average molecular weight is 379 g/mol. The molecule has 1 unspecified atom stereocenters. The third-order valence-corrected chi connectivity index (χ3v) is 5.06. The van der Waals surface area contributed by atoms with Crippen LogP contribution in [0.2, 0.25) is 0 Å². The molecule has 1 aliphatic rings. The molecular weight excluding hydrogens is 354 g/mol. The van der Waals surface area contributed by atoms with Gasteiger partial charge >= 0.3 is 0 Å². The Kier molecular flexibility index (Phi) is 5.54. The Balaban J connectivity index is 2.24. The second kappa shape index (κ2) is 7.89. The fraction of sp³-hybridized carbons (Fsp3) is 0.304. The molecule has 0 aromatic heterocycles. The SMILES string of the molecule is CCCN1C(=O)C(=O)/C(=C(/O)c2cc(C)ccc2C)C1c1cccc(OC)c1.